The fraction of sp³-hybridized carbons (Fsp3) is 0.500. The average Bonchev–Trinajstić information content (AvgIpc) is 2.59. The van der Waals surface area contributed by atoms with E-state index in [2.05, 4.69) is 44.1 Å². The lowest BCUT2D eigenvalue weighted by atomic mass is 10.0. The summed E-state index contributed by atoms with van der Waals surface area (Å²) in [6.07, 6.45) is 8.66. The van der Waals surface area contributed by atoms with Crippen LogP contribution in [0.5, 0.6) is 0 Å². The minimum absolute atomic E-state index is 0.218. The lowest BCUT2D eigenvalue weighted by molar-refractivity contribution is -0.117. The Morgan fingerprint density at radius 3 is 2.33 bits per heavy atom. The maximum atomic E-state index is 11.9. The highest BCUT2D eigenvalue weighted by Crippen LogP contribution is 2.19. The standard InChI is InChI=1S/C20H33N3O/c1-8-11-15(5)16(6)17(7)19(22-12-14(4)9-2)13-23-20(24)18(21)10-3/h8,10-12,14H,9,13,21H2,1-7H3,(H,23,24)/b11-8-,16-15-,18-10-,19-17+,22-12?. The lowest BCUT2D eigenvalue weighted by Gasteiger charge is -2.13. The van der Waals surface area contributed by atoms with Crippen LogP contribution in [0, 0.1) is 5.92 Å². The summed E-state index contributed by atoms with van der Waals surface area (Å²) in [6.45, 7) is 14.5. The number of nitrogens with two attached hydrogens (primary N) is 1. The predicted molar refractivity (Wildman–Crippen MR) is 105 cm³/mol. The molecule has 0 aliphatic heterocycles. The van der Waals surface area contributed by atoms with Gasteiger partial charge in [0.15, 0.2) is 0 Å². The van der Waals surface area contributed by atoms with E-state index in [9.17, 15) is 4.79 Å². The zero-order valence-corrected chi connectivity index (χ0v) is 16.2. The predicted octanol–water partition coefficient (Wildman–Crippen LogP) is 4.27. The van der Waals surface area contributed by atoms with E-state index >= 15 is 0 Å². The van der Waals surface area contributed by atoms with Crippen molar-refractivity contribution in [3.05, 3.63) is 46.3 Å². The molecule has 4 heteroatoms. The third-order valence-corrected chi connectivity index (χ3v) is 4.12. The van der Waals surface area contributed by atoms with Crippen molar-refractivity contribution < 1.29 is 4.79 Å². The molecule has 0 aliphatic rings. The van der Waals surface area contributed by atoms with E-state index in [4.69, 9.17) is 5.73 Å². The molecule has 1 amide bonds. The van der Waals surface area contributed by atoms with Crippen LogP contribution in [0.2, 0.25) is 0 Å². The molecule has 0 aromatic carbocycles. The summed E-state index contributed by atoms with van der Waals surface area (Å²) < 4.78 is 0. The summed E-state index contributed by atoms with van der Waals surface area (Å²) in [5.41, 5.74) is 10.1. The third-order valence-electron chi connectivity index (χ3n) is 4.12. The highest BCUT2D eigenvalue weighted by atomic mass is 16.1. The normalized spacial score (nSPS) is 16.2. The number of hydrogen-bond acceptors (Lipinski definition) is 3. The summed E-state index contributed by atoms with van der Waals surface area (Å²) in [5, 5.41) is 2.84. The molecule has 1 atom stereocenters. The first-order valence-corrected chi connectivity index (χ1v) is 8.52. The van der Waals surface area contributed by atoms with Crippen LogP contribution in [0.3, 0.4) is 0 Å². The van der Waals surface area contributed by atoms with E-state index in [1.807, 2.05) is 26.1 Å². The molecule has 134 valence electrons. The van der Waals surface area contributed by atoms with Crippen molar-refractivity contribution in [2.75, 3.05) is 6.54 Å². The summed E-state index contributed by atoms with van der Waals surface area (Å²) in [7, 11) is 0. The van der Waals surface area contributed by atoms with E-state index in [1.165, 1.54) is 5.57 Å². The Morgan fingerprint density at radius 1 is 1.21 bits per heavy atom. The van der Waals surface area contributed by atoms with Crippen LogP contribution in [0.1, 0.15) is 54.9 Å². The number of nitrogens with zero attached hydrogens (tertiary/aromatic N) is 1. The van der Waals surface area contributed by atoms with E-state index in [0.29, 0.717) is 12.5 Å². The molecule has 0 bridgehead atoms. The molecule has 0 heterocycles. The fourth-order valence-electron chi connectivity index (χ4n) is 1.88. The first kappa shape index (κ1) is 21.9. The van der Waals surface area contributed by atoms with Crippen molar-refractivity contribution in [3.63, 3.8) is 0 Å². The number of carbonyl (C=O) groups is 1. The zero-order chi connectivity index (χ0) is 18.7. The topological polar surface area (TPSA) is 67.5 Å². The van der Waals surface area contributed by atoms with Crippen molar-refractivity contribution in [3.8, 4) is 0 Å². The Balaban J connectivity index is 5.62. The van der Waals surface area contributed by atoms with Crippen molar-refractivity contribution in [2.45, 2.75) is 54.9 Å². The summed E-state index contributed by atoms with van der Waals surface area (Å²) in [6, 6.07) is 0. The Labute approximate surface area is 147 Å². The van der Waals surface area contributed by atoms with Gasteiger partial charge < -0.3 is 11.1 Å². The summed E-state index contributed by atoms with van der Waals surface area (Å²) in [5.74, 6) is 0.123. The zero-order valence-electron chi connectivity index (χ0n) is 16.2. The SMILES string of the molecule is C\C=C/C(C)=C(C)\C(C)=C(/CNC(=O)/C(N)=C/C)N=CC(C)CC. The van der Waals surface area contributed by atoms with Crippen LogP contribution in [0.25, 0.3) is 0 Å². The van der Waals surface area contributed by atoms with Gasteiger partial charge in [-0.3, -0.25) is 9.79 Å². The second-order valence-electron chi connectivity index (χ2n) is 5.97. The van der Waals surface area contributed by atoms with Gasteiger partial charge in [-0.1, -0.05) is 32.1 Å². The van der Waals surface area contributed by atoms with Gasteiger partial charge in [-0.2, -0.15) is 0 Å². The van der Waals surface area contributed by atoms with Crippen LogP contribution in [0.15, 0.2) is 51.3 Å². The molecule has 0 saturated carbocycles. The molecular weight excluding hydrogens is 298 g/mol. The van der Waals surface area contributed by atoms with Crippen LogP contribution in [-0.2, 0) is 4.79 Å². The van der Waals surface area contributed by atoms with Crippen LogP contribution in [-0.4, -0.2) is 18.7 Å². The third kappa shape index (κ3) is 7.44. The smallest absolute Gasteiger partial charge is 0.267 e. The number of nitrogens with one attached hydrogen (secondary N) is 1. The molecule has 0 radical (unpaired) electrons. The highest BCUT2D eigenvalue weighted by molar-refractivity contribution is 5.92. The summed E-state index contributed by atoms with van der Waals surface area (Å²) >= 11 is 0. The molecule has 1 unspecified atom stereocenters. The number of amides is 1. The molecule has 0 aromatic heterocycles. The quantitative estimate of drug-likeness (QED) is 0.396. The lowest BCUT2D eigenvalue weighted by Crippen LogP contribution is -2.30. The molecule has 0 aliphatic carbocycles. The molecule has 3 N–H and O–H groups in total. The van der Waals surface area contributed by atoms with Crippen molar-refractivity contribution in [1.82, 2.24) is 5.32 Å². The Kier molecular flexibility index (Phi) is 10.4. The molecule has 0 saturated heterocycles. The fourth-order valence-corrected chi connectivity index (χ4v) is 1.88. The molecule has 0 rings (SSSR count). The second kappa shape index (κ2) is 11.4. The van der Waals surface area contributed by atoms with Crippen LogP contribution in [0.4, 0.5) is 0 Å². The van der Waals surface area contributed by atoms with Gasteiger partial charge in [0.1, 0.15) is 0 Å². The van der Waals surface area contributed by atoms with Crippen molar-refractivity contribution in [1.29, 1.82) is 0 Å². The van der Waals surface area contributed by atoms with Crippen molar-refractivity contribution in [2.24, 2.45) is 16.6 Å². The number of rotatable bonds is 8. The van der Waals surface area contributed by atoms with Gasteiger partial charge in [0.05, 0.1) is 17.9 Å². The van der Waals surface area contributed by atoms with Gasteiger partial charge in [0.2, 0.25) is 0 Å². The molecular formula is C20H33N3O. The average molecular weight is 332 g/mol. The first-order valence-electron chi connectivity index (χ1n) is 8.52. The number of carbonyl (C=O) groups excluding carboxylic acids is 1. The number of allylic oxidation sites excluding steroid dienone is 6. The van der Waals surface area contributed by atoms with Gasteiger partial charge >= 0.3 is 0 Å². The van der Waals surface area contributed by atoms with E-state index < -0.39 is 0 Å². The molecule has 0 fully saturated rings. The first-order chi connectivity index (χ1) is 11.3. The van der Waals surface area contributed by atoms with Crippen molar-refractivity contribution >= 4 is 12.1 Å². The summed E-state index contributed by atoms with van der Waals surface area (Å²) in [4.78, 5) is 16.5. The van der Waals surface area contributed by atoms with Crippen LogP contribution < -0.4 is 11.1 Å². The molecule has 0 spiro atoms. The van der Waals surface area contributed by atoms with Gasteiger partial charge in [0, 0.05) is 6.21 Å². The second-order valence-corrected chi connectivity index (χ2v) is 5.97. The highest BCUT2D eigenvalue weighted by Gasteiger charge is 2.09. The van der Waals surface area contributed by atoms with Crippen LogP contribution >= 0.6 is 0 Å². The minimum atomic E-state index is -0.270. The molecule has 24 heavy (non-hydrogen) atoms. The monoisotopic (exact) mass is 331 g/mol. The number of hydrogen-bond donors (Lipinski definition) is 2. The van der Waals surface area contributed by atoms with E-state index in [1.54, 1.807) is 13.0 Å². The number of aliphatic imine (C=N–C) groups is 1. The van der Waals surface area contributed by atoms with Gasteiger partial charge in [0.25, 0.3) is 5.91 Å². The van der Waals surface area contributed by atoms with E-state index in [-0.39, 0.29) is 11.6 Å². The minimum Gasteiger partial charge on any atom is -0.395 e. The molecule has 0 aromatic rings. The Morgan fingerprint density at radius 2 is 1.83 bits per heavy atom. The van der Waals surface area contributed by atoms with Gasteiger partial charge in [-0.15, -0.1) is 0 Å². The van der Waals surface area contributed by atoms with Gasteiger partial charge in [-0.05, 0) is 63.7 Å². The maximum Gasteiger partial charge on any atom is 0.267 e. The maximum absolute atomic E-state index is 11.9. The largest absolute Gasteiger partial charge is 0.395 e. The van der Waals surface area contributed by atoms with E-state index in [0.717, 1.165) is 23.3 Å². The van der Waals surface area contributed by atoms with Gasteiger partial charge in [-0.25, -0.2) is 0 Å². The Bertz CT molecular complexity index is 578. The Hall–Kier alpha value is -2.10. The molecule has 4 nitrogen and oxygen atoms in total.